The van der Waals surface area contributed by atoms with Gasteiger partial charge in [0, 0.05) is 32.7 Å². The van der Waals surface area contributed by atoms with Crippen LogP contribution in [-0.4, -0.2) is 62.1 Å². The summed E-state index contributed by atoms with van der Waals surface area (Å²) in [5.74, 6) is 2.25. The third kappa shape index (κ3) is 6.81. The maximum Gasteiger partial charge on any atom is 0.238 e. The minimum atomic E-state index is -0.0224. The van der Waals surface area contributed by atoms with Crippen LogP contribution in [0.3, 0.4) is 0 Å². The Hall–Kier alpha value is -3.35. The Kier molecular flexibility index (Phi) is 7.95. The van der Waals surface area contributed by atoms with Gasteiger partial charge in [-0.15, -0.1) is 0 Å². The molecule has 33 heavy (non-hydrogen) atoms. The molecule has 1 fully saturated rings. The molecule has 0 bridgehead atoms. The number of carbonyl (C=O) groups excluding carboxylic acids is 1. The Morgan fingerprint density at radius 3 is 2.21 bits per heavy atom. The summed E-state index contributed by atoms with van der Waals surface area (Å²) in [4.78, 5) is 17.4. The summed E-state index contributed by atoms with van der Waals surface area (Å²) in [6, 6.07) is 25.4. The molecule has 1 amide bonds. The predicted molar refractivity (Wildman–Crippen MR) is 131 cm³/mol. The molecule has 0 radical (unpaired) electrons. The van der Waals surface area contributed by atoms with E-state index in [1.807, 2.05) is 66.7 Å². The van der Waals surface area contributed by atoms with Gasteiger partial charge in [-0.25, -0.2) is 0 Å². The molecular weight excluding hydrogens is 414 g/mol. The van der Waals surface area contributed by atoms with Crippen LogP contribution in [0.5, 0.6) is 17.2 Å². The van der Waals surface area contributed by atoms with Crippen LogP contribution in [0.25, 0.3) is 0 Å². The van der Waals surface area contributed by atoms with E-state index in [1.54, 1.807) is 7.11 Å². The van der Waals surface area contributed by atoms with E-state index in [9.17, 15) is 4.79 Å². The van der Waals surface area contributed by atoms with Gasteiger partial charge >= 0.3 is 0 Å². The lowest BCUT2D eigenvalue weighted by molar-refractivity contribution is -0.117. The van der Waals surface area contributed by atoms with Gasteiger partial charge in [0.2, 0.25) is 5.91 Å². The fraction of sp³-hybridized carbons (Fsp3) is 0.296. The van der Waals surface area contributed by atoms with Crippen molar-refractivity contribution < 1.29 is 14.3 Å². The molecule has 6 nitrogen and oxygen atoms in total. The third-order valence-corrected chi connectivity index (χ3v) is 5.84. The summed E-state index contributed by atoms with van der Waals surface area (Å²) in [7, 11) is 1.69. The number of nitrogens with zero attached hydrogens (tertiary/aromatic N) is 2. The number of piperazine rings is 1. The molecule has 1 aliphatic heterocycles. The number of carbonyl (C=O) groups is 1. The first kappa shape index (κ1) is 22.8. The van der Waals surface area contributed by atoms with Crippen LogP contribution >= 0.6 is 0 Å². The third-order valence-electron chi connectivity index (χ3n) is 5.84. The molecule has 1 saturated heterocycles. The highest BCUT2D eigenvalue weighted by Crippen LogP contribution is 2.29. The summed E-state index contributed by atoms with van der Waals surface area (Å²) < 4.78 is 11.2. The lowest BCUT2D eigenvalue weighted by Gasteiger charge is -2.34. The number of para-hydroxylation sites is 3. The first-order chi connectivity index (χ1) is 16.2. The molecule has 172 valence electrons. The second-order valence-corrected chi connectivity index (χ2v) is 8.18. The van der Waals surface area contributed by atoms with E-state index < -0.39 is 0 Å². The van der Waals surface area contributed by atoms with Gasteiger partial charge in [0.15, 0.2) is 5.75 Å². The molecule has 0 atom stereocenters. The van der Waals surface area contributed by atoms with E-state index >= 15 is 0 Å². The van der Waals surface area contributed by atoms with Crippen LogP contribution in [0.15, 0.2) is 78.9 Å². The Balaban J connectivity index is 1.22. The number of anilines is 1. The standard InChI is InChI=1S/C27H31N3O3/c1-32-23-13-11-22(12-14-23)15-16-29-17-19-30(20-18-29)21-27(31)28-25-9-5-6-10-26(25)33-24-7-3-2-4-8-24/h2-14H,15-21H2,1H3,(H,28,31). The second-order valence-electron chi connectivity index (χ2n) is 8.18. The molecule has 4 rings (SSSR count). The van der Waals surface area contributed by atoms with Gasteiger partial charge in [0.25, 0.3) is 0 Å². The van der Waals surface area contributed by atoms with Crippen molar-refractivity contribution in [1.29, 1.82) is 0 Å². The predicted octanol–water partition coefficient (Wildman–Crippen LogP) is 4.29. The molecule has 3 aromatic carbocycles. The zero-order chi connectivity index (χ0) is 22.9. The van der Waals surface area contributed by atoms with Gasteiger partial charge in [-0.2, -0.15) is 0 Å². The summed E-state index contributed by atoms with van der Waals surface area (Å²) in [5, 5.41) is 3.02. The van der Waals surface area contributed by atoms with Crippen molar-refractivity contribution in [2.45, 2.75) is 6.42 Å². The molecule has 0 spiro atoms. The molecular formula is C27H31N3O3. The summed E-state index contributed by atoms with van der Waals surface area (Å²) in [5.41, 5.74) is 2.00. The number of hydrogen-bond acceptors (Lipinski definition) is 5. The van der Waals surface area contributed by atoms with Crippen LogP contribution in [0.4, 0.5) is 5.69 Å². The summed E-state index contributed by atoms with van der Waals surface area (Å²) >= 11 is 0. The van der Waals surface area contributed by atoms with Crippen LogP contribution in [0, 0.1) is 0 Å². The highest BCUT2D eigenvalue weighted by atomic mass is 16.5. The molecule has 6 heteroatoms. The SMILES string of the molecule is COc1ccc(CCN2CCN(CC(=O)Nc3ccccc3Oc3ccccc3)CC2)cc1. The van der Waals surface area contributed by atoms with Crippen molar-refractivity contribution in [3.05, 3.63) is 84.4 Å². The fourth-order valence-corrected chi connectivity index (χ4v) is 3.92. The Bertz CT molecular complexity index is 1020. The van der Waals surface area contributed by atoms with Crippen molar-refractivity contribution in [1.82, 2.24) is 9.80 Å². The van der Waals surface area contributed by atoms with Crippen molar-refractivity contribution >= 4 is 11.6 Å². The molecule has 1 heterocycles. The number of rotatable bonds is 9. The fourth-order valence-electron chi connectivity index (χ4n) is 3.92. The van der Waals surface area contributed by atoms with E-state index in [0.717, 1.165) is 50.6 Å². The number of ether oxygens (including phenoxy) is 2. The molecule has 3 aromatic rings. The van der Waals surface area contributed by atoms with Crippen molar-refractivity contribution in [3.63, 3.8) is 0 Å². The van der Waals surface area contributed by atoms with E-state index in [2.05, 4.69) is 27.2 Å². The number of benzene rings is 3. The first-order valence-corrected chi connectivity index (χ1v) is 11.4. The van der Waals surface area contributed by atoms with Crippen LogP contribution in [0.1, 0.15) is 5.56 Å². The summed E-state index contributed by atoms with van der Waals surface area (Å²) in [6.07, 6.45) is 1.02. The minimum absolute atomic E-state index is 0.0224. The smallest absolute Gasteiger partial charge is 0.238 e. The molecule has 0 saturated carbocycles. The van der Waals surface area contributed by atoms with Gasteiger partial charge in [0.1, 0.15) is 11.5 Å². The molecule has 0 unspecified atom stereocenters. The zero-order valence-electron chi connectivity index (χ0n) is 19.1. The van der Waals surface area contributed by atoms with Gasteiger partial charge in [-0.3, -0.25) is 9.69 Å². The quantitative estimate of drug-likeness (QED) is 0.533. The first-order valence-electron chi connectivity index (χ1n) is 11.4. The summed E-state index contributed by atoms with van der Waals surface area (Å²) in [6.45, 7) is 5.12. The molecule has 1 aliphatic rings. The highest BCUT2D eigenvalue weighted by Gasteiger charge is 2.19. The van der Waals surface area contributed by atoms with Crippen molar-refractivity contribution in [2.24, 2.45) is 0 Å². The maximum atomic E-state index is 12.7. The normalized spacial score (nSPS) is 14.6. The number of amides is 1. The van der Waals surface area contributed by atoms with E-state index in [0.29, 0.717) is 18.0 Å². The van der Waals surface area contributed by atoms with Crippen molar-refractivity contribution in [3.8, 4) is 17.2 Å². The molecule has 1 N–H and O–H groups in total. The topological polar surface area (TPSA) is 54.0 Å². The van der Waals surface area contributed by atoms with Gasteiger partial charge in [0.05, 0.1) is 19.3 Å². The zero-order valence-corrected chi connectivity index (χ0v) is 19.1. The van der Waals surface area contributed by atoms with E-state index in [-0.39, 0.29) is 5.91 Å². The van der Waals surface area contributed by atoms with Crippen molar-refractivity contribution in [2.75, 3.05) is 51.7 Å². The van der Waals surface area contributed by atoms with Crippen LogP contribution < -0.4 is 14.8 Å². The van der Waals surface area contributed by atoms with Crippen LogP contribution in [-0.2, 0) is 11.2 Å². The maximum absolute atomic E-state index is 12.7. The monoisotopic (exact) mass is 445 g/mol. The lowest BCUT2D eigenvalue weighted by Crippen LogP contribution is -2.49. The highest BCUT2D eigenvalue weighted by molar-refractivity contribution is 5.93. The Labute approximate surface area is 195 Å². The van der Waals surface area contributed by atoms with E-state index in [1.165, 1.54) is 5.56 Å². The van der Waals surface area contributed by atoms with Gasteiger partial charge < -0.3 is 19.7 Å². The average molecular weight is 446 g/mol. The lowest BCUT2D eigenvalue weighted by atomic mass is 10.1. The molecule has 0 aromatic heterocycles. The Morgan fingerprint density at radius 2 is 1.48 bits per heavy atom. The Morgan fingerprint density at radius 1 is 0.818 bits per heavy atom. The number of methoxy groups -OCH3 is 1. The minimum Gasteiger partial charge on any atom is -0.497 e. The van der Waals surface area contributed by atoms with Crippen LogP contribution in [0.2, 0.25) is 0 Å². The molecule has 0 aliphatic carbocycles. The average Bonchev–Trinajstić information content (AvgIpc) is 2.86. The second kappa shape index (κ2) is 11.5. The van der Waals surface area contributed by atoms with Gasteiger partial charge in [-0.05, 0) is 48.4 Å². The number of hydrogen-bond donors (Lipinski definition) is 1. The van der Waals surface area contributed by atoms with E-state index in [4.69, 9.17) is 9.47 Å². The largest absolute Gasteiger partial charge is 0.497 e. The van der Waals surface area contributed by atoms with Gasteiger partial charge in [-0.1, -0.05) is 42.5 Å². The number of nitrogens with one attached hydrogen (secondary N) is 1.